The summed E-state index contributed by atoms with van der Waals surface area (Å²) in [5.74, 6) is 0.461. The Morgan fingerprint density at radius 1 is 1.00 bits per heavy atom. The van der Waals surface area contributed by atoms with Gasteiger partial charge in [-0.3, -0.25) is 4.90 Å². The lowest BCUT2D eigenvalue weighted by Crippen LogP contribution is -2.39. The molecule has 31 heavy (non-hydrogen) atoms. The molecule has 170 valence electrons. The first kappa shape index (κ1) is 24.2. The summed E-state index contributed by atoms with van der Waals surface area (Å²) in [6.07, 6.45) is 3.66. The summed E-state index contributed by atoms with van der Waals surface area (Å²) < 4.78 is 27.5. The summed E-state index contributed by atoms with van der Waals surface area (Å²) in [7, 11) is 0.194. The first-order valence-electron chi connectivity index (χ1n) is 10.9. The van der Waals surface area contributed by atoms with E-state index < -0.39 is 10.0 Å². The standard InChI is InChI=1S/C24H33ClN2O3S/c1-18(26(2)16-17-28)19-4-6-20(7-5-19)21-8-12-23(13-9-21)27(3)31(29,30)24-14-10-22(25)11-15-24/h4-7,10-11,14-15,18,21,23,28H,8-9,12-13,16-17H2,1-3H3. The van der Waals surface area contributed by atoms with E-state index >= 15 is 0 Å². The van der Waals surface area contributed by atoms with Crippen LogP contribution in [0.5, 0.6) is 0 Å². The van der Waals surface area contributed by atoms with Gasteiger partial charge in [0.05, 0.1) is 11.5 Å². The average Bonchev–Trinajstić information content (AvgIpc) is 2.79. The lowest BCUT2D eigenvalue weighted by atomic mass is 9.81. The van der Waals surface area contributed by atoms with E-state index in [2.05, 4.69) is 36.1 Å². The average molecular weight is 465 g/mol. The second kappa shape index (κ2) is 10.5. The molecule has 1 unspecified atom stereocenters. The summed E-state index contributed by atoms with van der Waals surface area (Å²) in [5, 5.41) is 9.68. The number of benzene rings is 2. The SMILES string of the molecule is CC(c1ccc(C2CCC(N(C)S(=O)(=O)c3ccc(Cl)cc3)CC2)cc1)N(C)CCO. The Morgan fingerprint density at radius 2 is 1.58 bits per heavy atom. The largest absolute Gasteiger partial charge is 0.395 e. The van der Waals surface area contributed by atoms with Crippen molar-refractivity contribution < 1.29 is 13.5 Å². The summed E-state index contributed by atoms with van der Waals surface area (Å²) in [6, 6.07) is 15.4. The van der Waals surface area contributed by atoms with Gasteiger partial charge in [0.1, 0.15) is 0 Å². The van der Waals surface area contributed by atoms with E-state index in [1.165, 1.54) is 15.4 Å². The van der Waals surface area contributed by atoms with E-state index in [1.807, 2.05) is 7.05 Å². The van der Waals surface area contributed by atoms with Gasteiger partial charge in [-0.2, -0.15) is 4.31 Å². The molecule has 2 aromatic carbocycles. The Labute approximate surface area is 191 Å². The van der Waals surface area contributed by atoms with Gasteiger partial charge in [-0.25, -0.2) is 8.42 Å². The summed E-state index contributed by atoms with van der Waals surface area (Å²) in [4.78, 5) is 2.43. The first-order valence-corrected chi connectivity index (χ1v) is 12.7. The number of sulfonamides is 1. The van der Waals surface area contributed by atoms with E-state index in [4.69, 9.17) is 16.7 Å². The van der Waals surface area contributed by atoms with Gasteiger partial charge in [0.25, 0.3) is 0 Å². The van der Waals surface area contributed by atoms with Gasteiger partial charge in [0.15, 0.2) is 0 Å². The van der Waals surface area contributed by atoms with Gasteiger partial charge in [-0.05, 0) is 81.0 Å². The van der Waals surface area contributed by atoms with Gasteiger partial charge in [0, 0.05) is 30.7 Å². The van der Waals surface area contributed by atoms with Crippen molar-refractivity contribution in [2.75, 3.05) is 27.2 Å². The quantitative estimate of drug-likeness (QED) is 0.616. The molecule has 0 heterocycles. The molecule has 0 spiro atoms. The normalized spacial score (nSPS) is 20.9. The molecule has 0 aromatic heterocycles. The highest BCUT2D eigenvalue weighted by atomic mass is 35.5. The van der Waals surface area contributed by atoms with Crippen LogP contribution in [0.15, 0.2) is 53.4 Å². The smallest absolute Gasteiger partial charge is 0.243 e. The van der Waals surface area contributed by atoms with Crippen molar-refractivity contribution in [2.24, 2.45) is 0 Å². The Hall–Kier alpha value is -1.44. The maximum absolute atomic E-state index is 13.0. The minimum absolute atomic E-state index is 0.0170. The van der Waals surface area contributed by atoms with E-state index in [0.29, 0.717) is 17.5 Å². The fraction of sp³-hybridized carbons (Fsp3) is 0.500. The molecular weight excluding hydrogens is 432 g/mol. The molecule has 2 aromatic rings. The van der Waals surface area contributed by atoms with Crippen molar-refractivity contribution in [3.05, 3.63) is 64.7 Å². The Kier molecular flexibility index (Phi) is 8.16. The Morgan fingerprint density at radius 3 is 2.13 bits per heavy atom. The minimum Gasteiger partial charge on any atom is -0.395 e. The van der Waals surface area contributed by atoms with Crippen molar-refractivity contribution >= 4 is 21.6 Å². The van der Waals surface area contributed by atoms with Crippen LogP contribution in [0.3, 0.4) is 0 Å². The zero-order chi connectivity index (χ0) is 22.6. The van der Waals surface area contributed by atoms with Crippen molar-refractivity contribution in [2.45, 2.75) is 55.5 Å². The lowest BCUT2D eigenvalue weighted by Gasteiger charge is -2.34. The van der Waals surface area contributed by atoms with Gasteiger partial charge >= 0.3 is 0 Å². The topological polar surface area (TPSA) is 60.9 Å². The monoisotopic (exact) mass is 464 g/mol. The molecule has 0 radical (unpaired) electrons. The number of likely N-dealkylation sites (N-methyl/N-ethyl adjacent to an activating group) is 1. The molecule has 0 bridgehead atoms. The van der Waals surface area contributed by atoms with Crippen LogP contribution in [0, 0.1) is 0 Å². The highest BCUT2D eigenvalue weighted by molar-refractivity contribution is 7.89. The van der Waals surface area contributed by atoms with E-state index in [9.17, 15) is 8.42 Å². The molecule has 1 fully saturated rings. The third kappa shape index (κ3) is 5.68. The van der Waals surface area contributed by atoms with Crippen LogP contribution < -0.4 is 0 Å². The molecule has 1 N–H and O–H groups in total. The van der Waals surface area contributed by atoms with E-state index in [-0.39, 0.29) is 23.6 Å². The molecule has 7 heteroatoms. The number of nitrogens with zero attached hydrogens (tertiary/aromatic N) is 2. The molecule has 1 aliphatic carbocycles. The molecule has 3 rings (SSSR count). The number of halogens is 1. The third-order valence-electron chi connectivity index (χ3n) is 6.71. The Bertz CT molecular complexity index is 940. The van der Waals surface area contributed by atoms with Crippen LogP contribution in [-0.4, -0.2) is 56.0 Å². The number of aliphatic hydroxyl groups excluding tert-OH is 1. The van der Waals surface area contributed by atoms with Crippen LogP contribution in [0.2, 0.25) is 5.02 Å². The molecule has 1 aliphatic rings. The van der Waals surface area contributed by atoms with E-state index in [1.54, 1.807) is 31.3 Å². The van der Waals surface area contributed by atoms with Crippen LogP contribution in [0.1, 0.15) is 55.7 Å². The van der Waals surface area contributed by atoms with Crippen LogP contribution in [0.25, 0.3) is 0 Å². The molecular formula is C24H33ClN2O3S. The predicted octanol–water partition coefficient (Wildman–Crippen LogP) is 4.67. The molecule has 0 aliphatic heterocycles. The van der Waals surface area contributed by atoms with Gasteiger partial charge < -0.3 is 5.11 Å². The molecule has 1 atom stereocenters. The maximum Gasteiger partial charge on any atom is 0.243 e. The number of hydrogen-bond donors (Lipinski definition) is 1. The number of rotatable bonds is 8. The van der Waals surface area contributed by atoms with Crippen molar-refractivity contribution in [3.63, 3.8) is 0 Å². The highest BCUT2D eigenvalue weighted by Crippen LogP contribution is 2.36. The van der Waals surface area contributed by atoms with Gasteiger partial charge in [-0.1, -0.05) is 35.9 Å². The molecule has 0 amide bonds. The maximum atomic E-state index is 13.0. The second-order valence-electron chi connectivity index (χ2n) is 8.53. The zero-order valence-corrected chi connectivity index (χ0v) is 20.1. The predicted molar refractivity (Wildman–Crippen MR) is 126 cm³/mol. The van der Waals surface area contributed by atoms with Gasteiger partial charge in [0.2, 0.25) is 10.0 Å². The summed E-state index contributed by atoms with van der Waals surface area (Å²) >= 11 is 5.90. The van der Waals surface area contributed by atoms with Gasteiger partial charge in [-0.15, -0.1) is 0 Å². The first-order chi connectivity index (χ1) is 14.7. The molecule has 1 saturated carbocycles. The van der Waals surface area contributed by atoms with Crippen molar-refractivity contribution in [1.29, 1.82) is 0 Å². The molecule has 0 saturated heterocycles. The van der Waals surface area contributed by atoms with Crippen molar-refractivity contribution in [3.8, 4) is 0 Å². The second-order valence-corrected chi connectivity index (χ2v) is 11.0. The fourth-order valence-corrected chi connectivity index (χ4v) is 5.94. The third-order valence-corrected chi connectivity index (χ3v) is 8.88. The highest BCUT2D eigenvalue weighted by Gasteiger charge is 2.32. The number of aliphatic hydroxyl groups is 1. The van der Waals surface area contributed by atoms with Crippen LogP contribution in [0.4, 0.5) is 0 Å². The fourth-order valence-electron chi connectivity index (χ4n) is 4.39. The molecule has 5 nitrogen and oxygen atoms in total. The van der Waals surface area contributed by atoms with E-state index in [0.717, 1.165) is 25.7 Å². The zero-order valence-electron chi connectivity index (χ0n) is 18.5. The lowest BCUT2D eigenvalue weighted by molar-refractivity contribution is 0.189. The summed E-state index contributed by atoms with van der Waals surface area (Å²) in [5.41, 5.74) is 2.56. The summed E-state index contributed by atoms with van der Waals surface area (Å²) in [6.45, 7) is 2.95. The Balaban J connectivity index is 1.60. The number of hydrogen-bond acceptors (Lipinski definition) is 4. The van der Waals surface area contributed by atoms with Crippen LogP contribution >= 0.6 is 11.6 Å². The van der Waals surface area contributed by atoms with Crippen LogP contribution in [-0.2, 0) is 10.0 Å². The minimum atomic E-state index is -3.51. The van der Waals surface area contributed by atoms with Crippen molar-refractivity contribution in [1.82, 2.24) is 9.21 Å².